The normalized spacial score (nSPS) is 12.0. The van der Waals surface area contributed by atoms with Crippen molar-refractivity contribution in [2.75, 3.05) is 24.4 Å². The van der Waals surface area contributed by atoms with Gasteiger partial charge in [-0.3, -0.25) is 9.89 Å². The first-order chi connectivity index (χ1) is 19.7. The van der Waals surface area contributed by atoms with Crippen molar-refractivity contribution in [1.82, 2.24) is 29.9 Å². The Bertz CT molecular complexity index is 1550. The molecule has 3 aromatic heterocycles. The van der Waals surface area contributed by atoms with Gasteiger partial charge >= 0.3 is 6.18 Å². The van der Waals surface area contributed by atoms with Crippen molar-refractivity contribution < 1.29 is 22.6 Å². The summed E-state index contributed by atoms with van der Waals surface area (Å²) >= 11 is 0. The van der Waals surface area contributed by atoms with Crippen LogP contribution in [0.15, 0.2) is 53.7 Å². The SMILES string of the molecule is COc1ccc(Cn2ncc(N[C@@H](C)COCc3cc(CNc4ncc(C(F)(F)F)cn4)[nH]n3)c(C#N)c2=O)cc1. The Kier molecular flexibility index (Phi) is 9.15. The molecular weight excluding hydrogens is 543 g/mol. The molecule has 4 aromatic rings. The summed E-state index contributed by atoms with van der Waals surface area (Å²) in [5.41, 5.74) is 0.890. The highest BCUT2D eigenvalue weighted by molar-refractivity contribution is 5.55. The molecule has 4 rings (SSSR count). The van der Waals surface area contributed by atoms with E-state index in [1.54, 1.807) is 25.3 Å². The Labute approximate surface area is 232 Å². The fraction of sp³-hybridized carbons (Fsp3) is 0.308. The highest BCUT2D eigenvalue weighted by Crippen LogP contribution is 2.28. The summed E-state index contributed by atoms with van der Waals surface area (Å²) in [5.74, 6) is 0.740. The van der Waals surface area contributed by atoms with Crippen LogP contribution in [0.2, 0.25) is 0 Å². The predicted molar refractivity (Wildman–Crippen MR) is 141 cm³/mol. The number of hydrogen-bond acceptors (Lipinski definition) is 10. The molecule has 0 aliphatic rings. The lowest BCUT2D eigenvalue weighted by atomic mass is 10.2. The van der Waals surface area contributed by atoms with E-state index in [0.29, 0.717) is 35.2 Å². The van der Waals surface area contributed by atoms with E-state index in [-0.39, 0.29) is 43.9 Å². The number of rotatable bonds is 12. The van der Waals surface area contributed by atoms with Gasteiger partial charge in [0, 0.05) is 18.4 Å². The predicted octanol–water partition coefficient (Wildman–Crippen LogP) is 3.33. The van der Waals surface area contributed by atoms with E-state index in [1.165, 1.54) is 10.9 Å². The molecule has 0 aliphatic heterocycles. The number of nitrogens with one attached hydrogen (secondary N) is 3. The monoisotopic (exact) mass is 569 g/mol. The largest absolute Gasteiger partial charge is 0.497 e. The average Bonchev–Trinajstić information content (AvgIpc) is 3.41. The topological polar surface area (TPSA) is 156 Å². The van der Waals surface area contributed by atoms with Crippen molar-refractivity contribution in [2.24, 2.45) is 0 Å². The summed E-state index contributed by atoms with van der Waals surface area (Å²) in [5, 5.41) is 26.7. The molecule has 3 N–H and O–H groups in total. The van der Waals surface area contributed by atoms with Crippen molar-refractivity contribution in [3.8, 4) is 11.8 Å². The fourth-order valence-electron chi connectivity index (χ4n) is 3.68. The molecule has 0 fully saturated rings. The lowest BCUT2D eigenvalue weighted by Gasteiger charge is -2.16. The molecule has 0 bridgehead atoms. The second-order valence-electron chi connectivity index (χ2n) is 8.95. The molecule has 1 atom stereocenters. The molecule has 3 heterocycles. The van der Waals surface area contributed by atoms with Crippen LogP contribution in [-0.2, 0) is 30.6 Å². The lowest BCUT2D eigenvalue weighted by molar-refractivity contribution is -0.138. The maximum absolute atomic E-state index is 12.8. The van der Waals surface area contributed by atoms with Gasteiger partial charge < -0.3 is 20.1 Å². The number of ether oxygens (including phenoxy) is 2. The summed E-state index contributed by atoms with van der Waals surface area (Å²) < 4.78 is 49.9. The number of methoxy groups -OCH3 is 1. The van der Waals surface area contributed by atoms with Gasteiger partial charge in [-0.1, -0.05) is 12.1 Å². The minimum Gasteiger partial charge on any atom is -0.497 e. The van der Waals surface area contributed by atoms with Crippen molar-refractivity contribution in [1.29, 1.82) is 5.26 Å². The number of H-pyrrole nitrogens is 1. The molecule has 41 heavy (non-hydrogen) atoms. The highest BCUT2D eigenvalue weighted by Gasteiger charge is 2.31. The third kappa shape index (κ3) is 7.79. The zero-order valence-corrected chi connectivity index (χ0v) is 22.1. The fourth-order valence-corrected chi connectivity index (χ4v) is 3.68. The van der Waals surface area contributed by atoms with Crippen LogP contribution >= 0.6 is 0 Å². The second-order valence-corrected chi connectivity index (χ2v) is 8.95. The standard InChI is InChI=1S/C26H26F3N9O3/c1-16(35-23-12-34-38(24(39)22(23)8-30)13-17-3-5-21(40-2)6-4-17)14-41-15-20-7-19(36-37-20)11-33-25-31-9-18(10-32-25)26(27,28)29/h3-7,9-10,12,16,35H,11,13-15H2,1-2H3,(H,36,37)(H,31,32,33)/t16-/m0/s1. The average molecular weight is 570 g/mol. The molecule has 0 spiro atoms. The molecule has 0 unspecified atom stereocenters. The minimum atomic E-state index is -4.50. The van der Waals surface area contributed by atoms with Crippen LogP contribution in [0.4, 0.5) is 24.8 Å². The summed E-state index contributed by atoms with van der Waals surface area (Å²) in [6.07, 6.45) is -1.65. The van der Waals surface area contributed by atoms with E-state index < -0.39 is 17.3 Å². The molecule has 0 aliphatic carbocycles. The molecule has 0 saturated carbocycles. The Hall–Kier alpha value is -4.97. The first-order valence-corrected chi connectivity index (χ1v) is 12.3. The van der Waals surface area contributed by atoms with Crippen molar-refractivity contribution in [3.05, 3.63) is 87.4 Å². The van der Waals surface area contributed by atoms with Gasteiger partial charge in [0.2, 0.25) is 5.95 Å². The number of nitriles is 1. The highest BCUT2D eigenvalue weighted by atomic mass is 19.4. The minimum absolute atomic E-state index is 0.0462. The van der Waals surface area contributed by atoms with Crippen molar-refractivity contribution >= 4 is 11.6 Å². The number of anilines is 2. The van der Waals surface area contributed by atoms with Crippen LogP contribution in [0.25, 0.3) is 0 Å². The second kappa shape index (κ2) is 12.9. The summed E-state index contributed by atoms with van der Waals surface area (Å²) in [7, 11) is 1.57. The van der Waals surface area contributed by atoms with Gasteiger partial charge in [-0.2, -0.15) is 28.6 Å². The maximum atomic E-state index is 12.8. The van der Waals surface area contributed by atoms with Crippen molar-refractivity contribution in [3.63, 3.8) is 0 Å². The van der Waals surface area contributed by atoms with E-state index in [4.69, 9.17) is 9.47 Å². The Morgan fingerprint density at radius 3 is 2.56 bits per heavy atom. The number of hydrogen-bond donors (Lipinski definition) is 3. The van der Waals surface area contributed by atoms with Gasteiger partial charge in [0.15, 0.2) is 0 Å². The molecule has 12 nitrogen and oxygen atoms in total. The van der Waals surface area contributed by atoms with Gasteiger partial charge in [0.1, 0.15) is 17.4 Å². The molecule has 214 valence electrons. The first kappa shape index (κ1) is 29.0. The smallest absolute Gasteiger partial charge is 0.419 e. The summed E-state index contributed by atoms with van der Waals surface area (Å²) in [6, 6.07) is 10.6. The number of aromatic amines is 1. The van der Waals surface area contributed by atoms with E-state index in [0.717, 1.165) is 5.56 Å². The van der Waals surface area contributed by atoms with E-state index >= 15 is 0 Å². The third-order valence-electron chi connectivity index (χ3n) is 5.77. The van der Waals surface area contributed by atoms with E-state index in [2.05, 4.69) is 35.9 Å². The summed E-state index contributed by atoms with van der Waals surface area (Å²) in [6.45, 7) is 2.65. The van der Waals surface area contributed by atoms with Gasteiger partial charge in [0.05, 0.1) is 62.2 Å². The number of benzene rings is 1. The van der Waals surface area contributed by atoms with Crippen LogP contribution in [0, 0.1) is 11.3 Å². The zero-order valence-electron chi connectivity index (χ0n) is 22.1. The van der Waals surface area contributed by atoms with Gasteiger partial charge in [-0.15, -0.1) is 0 Å². The molecule has 15 heteroatoms. The summed E-state index contributed by atoms with van der Waals surface area (Å²) in [4.78, 5) is 20.2. The third-order valence-corrected chi connectivity index (χ3v) is 5.77. The van der Waals surface area contributed by atoms with Crippen LogP contribution in [0.1, 0.15) is 35.0 Å². The molecule has 1 aromatic carbocycles. The molecule has 0 saturated heterocycles. The van der Waals surface area contributed by atoms with Crippen LogP contribution < -0.4 is 20.9 Å². The van der Waals surface area contributed by atoms with Crippen LogP contribution in [0.5, 0.6) is 5.75 Å². The zero-order chi connectivity index (χ0) is 29.4. The van der Waals surface area contributed by atoms with Crippen molar-refractivity contribution in [2.45, 2.75) is 38.8 Å². The Morgan fingerprint density at radius 1 is 1.17 bits per heavy atom. The first-order valence-electron chi connectivity index (χ1n) is 12.3. The maximum Gasteiger partial charge on any atom is 0.419 e. The molecule has 0 radical (unpaired) electrons. The lowest BCUT2D eigenvalue weighted by Crippen LogP contribution is -2.29. The number of aromatic nitrogens is 6. The Balaban J connectivity index is 1.25. The number of nitrogens with zero attached hydrogens (tertiary/aromatic N) is 6. The number of alkyl halides is 3. The molecule has 0 amide bonds. The van der Waals surface area contributed by atoms with Crippen LogP contribution in [-0.4, -0.2) is 49.7 Å². The van der Waals surface area contributed by atoms with Crippen LogP contribution in [0.3, 0.4) is 0 Å². The molecular formula is C26H26F3N9O3. The van der Waals surface area contributed by atoms with E-state index in [9.17, 15) is 23.2 Å². The Morgan fingerprint density at radius 2 is 1.90 bits per heavy atom. The van der Waals surface area contributed by atoms with E-state index in [1.807, 2.05) is 25.1 Å². The van der Waals surface area contributed by atoms with Gasteiger partial charge in [0.25, 0.3) is 5.56 Å². The van der Waals surface area contributed by atoms with Gasteiger partial charge in [-0.25, -0.2) is 14.6 Å². The quantitative estimate of drug-likeness (QED) is 0.231. The number of halogens is 3. The van der Waals surface area contributed by atoms with Gasteiger partial charge in [-0.05, 0) is 30.7 Å².